The summed E-state index contributed by atoms with van der Waals surface area (Å²) in [4.78, 5) is 274. The molecular weight excluding hydrogens is 1690 g/mol. The Morgan fingerprint density at radius 3 is 1.47 bits per heavy atom. The molecule has 46 heteroatoms. The van der Waals surface area contributed by atoms with Crippen LogP contribution >= 0.6 is 7.82 Å². The molecular formula is C81H123N18O27P. The first kappa shape index (κ1) is 106. The van der Waals surface area contributed by atoms with Gasteiger partial charge < -0.3 is 131 Å². The van der Waals surface area contributed by atoms with Gasteiger partial charge in [0.2, 0.25) is 88.6 Å². The van der Waals surface area contributed by atoms with E-state index in [-0.39, 0.29) is 70.5 Å². The highest BCUT2D eigenvalue weighted by Crippen LogP contribution is 2.36. The van der Waals surface area contributed by atoms with E-state index in [1.54, 1.807) is 78.1 Å². The van der Waals surface area contributed by atoms with Gasteiger partial charge in [-0.2, -0.15) is 0 Å². The highest BCUT2D eigenvalue weighted by molar-refractivity contribution is 7.46. The van der Waals surface area contributed by atoms with E-state index in [0.29, 0.717) is 47.7 Å². The van der Waals surface area contributed by atoms with Gasteiger partial charge in [-0.05, 0) is 132 Å². The number of carboxylic acid groups (broad SMARTS) is 3. The van der Waals surface area contributed by atoms with Crippen LogP contribution in [0.2, 0.25) is 0 Å². The predicted molar refractivity (Wildman–Crippen MR) is 452 cm³/mol. The number of H-pyrrole nitrogens is 1. The first-order valence-electron chi connectivity index (χ1n) is 42.0. The lowest BCUT2D eigenvalue weighted by atomic mass is 9.99. The molecule has 26 N–H and O–H groups in total. The van der Waals surface area contributed by atoms with Crippen molar-refractivity contribution in [2.45, 2.75) is 261 Å². The Bertz CT molecular complexity index is 4390. The number of aliphatic carboxylic acids is 3. The molecule has 0 unspecified atom stereocenters. The molecule has 15 amide bonds. The Kier molecular flexibility index (Phi) is 42.8. The lowest BCUT2D eigenvalue weighted by Gasteiger charge is -2.32. The van der Waals surface area contributed by atoms with Crippen LogP contribution in [0.1, 0.15) is 163 Å². The number of phosphoric acid groups is 1. The second-order valence-electron chi connectivity index (χ2n) is 32.8. The molecule has 2 aromatic carbocycles. The number of carbonyl (C=O) groups excluding carboxylic acids is 15. The van der Waals surface area contributed by atoms with Crippen molar-refractivity contribution in [2.75, 3.05) is 32.8 Å². The van der Waals surface area contributed by atoms with Gasteiger partial charge in [0, 0.05) is 55.9 Å². The van der Waals surface area contributed by atoms with Crippen LogP contribution in [-0.4, -0.2) is 286 Å². The van der Waals surface area contributed by atoms with Crippen molar-refractivity contribution >= 4 is 125 Å². The fourth-order valence-corrected chi connectivity index (χ4v) is 14.7. The van der Waals surface area contributed by atoms with Gasteiger partial charge in [0.1, 0.15) is 84.6 Å². The molecule has 0 radical (unpaired) electrons. The average molecular weight is 1810 g/mol. The Hall–Kier alpha value is -11.6. The average Bonchev–Trinajstić information content (AvgIpc) is 1.66. The number of nitrogens with two attached hydrogens (primary N) is 3. The summed E-state index contributed by atoms with van der Waals surface area (Å²) in [5.41, 5.74) is 18.5. The maximum absolute atomic E-state index is 14.7. The van der Waals surface area contributed by atoms with E-state index in [0.717, 1.165) is 6.92 Å². The standard InChI is InChI=1S/C81H123N18O27P/c1-41(2)32-53(70(110)90-56(36-47-38-85-49-21-13-12-20-48(47)49)73(113)86-50(22-14-15-29-82)67(107)94-58(81(121)122)34-43(5)6)89-74(114)57(37-65(105)106)91-75(115)59(39-100)95-72(112)55(35-46-18-10-9-11-19-46)93-78(118)66(45(8)101)97-69(109)52(26-28-64(103)104)87-68(108)51(25-27-63(84)102)88-76(116)60(40-126-127(123,124)125)96-71(111)54(33-42(3)4)92-77(117)61-23-16-30-98(61)80(120)62-24-17-31-99(62)79(119)44(7)83/h9-13,18-21,38,41-45,50-62,66,85,100-101H,14-17,22-37,39-40,82-83H2,1-8H3,(H2,84,102)(H,86,113)(H,87,108)(H,88,116)(H,89,114)(H,90,110)(H,91,115)(H,92,117)(H,93,118)(H,94,107)(H,95,112)(H,96,111)(H,97,109)(H,103,104)(H,105,106)(H,121,122)(H2,123,124,125)/t44-,45+,50-,51-,52-,53-,54-,55-,56-,57-,58-,59-,60-,61-,62-,66-/m0/s1. The molecule has 2 fully saturated rings. The molecule has 5 rings (SSSR count). The van der Waals surface area contributed by atoms with Crippen LogP contribution in [-0.2, 0) is 108 Å². The van der Waals surface area contributed by atoms with E-state index in [1.165, 1.54) is 41.0 Å². The maximum atomic E-state index is 14.7. The minimum Gasteiger partial charge on any atom is -0.481 e. The van der Waals surface area contributed by atoms with E-state index >= 15 is 0 Å². The number of hydrogen-bond acceptors (Lipinski definition) is 24. The van der Waals surface area contributed by atoms with Gasteiger partial charge in [-0.15, -0.1) is 0 Å². The molecule has 127 heavy (non-hydrogen) atoms. The third-order valence-corrected chi connectivity index (χ3v) is 21.3. The topological polar surface area (TPSA) is 720 Å². The Morgan fingerprint density at radius 2 is 0.937 bits per heavy atom. The van der Waals surface area contributed by atoms with Gasteiger partial charge in [0.25, 0.3) is 0 Å². The van der Waals surface area contributed by atoms with Crippen LogP contribution in [0.3, 0.4) is 0 Å². The quantitative estimate of drug-likeness (QED) is 0.0187. The van der Waals surface area contributed by atoms with Crippen LogP contribution in [0.25, 0.3) is 10.9 Å². The molecule has 3 heterocycles. The predicted octanol–water partition coefficient (Wildman–Crippen LogP) is -4.46. The summed E-state index contributed by atoms with van der Waals surface area (Å²) >= 11 is 0. The van der Waals surface area contributed by atoms with Gasteiger partial charge in [-0.3, -0.25) is 86.0 Å². The number of aromatic nitrogens is 1. The summed E-state index contributed by atoms with van der Waals surface area (Å²) in [7, 11) is -5.51. The first-order chi connectivity index (χ1) is 59.7. The number of rotatable bonds is 54. The Labute approximate surface area is 732 Å². The van der Waals surface area contributed by atoms with Gasteiger partial charge in [-0.25, -0.2) is 9.36 Å². The number of hydrogen-bond donors (Lipinski definition) is 23. The van der Waals surface area contributed by atoms with Crippen LogP contribution in [0.15, 0.2) is 60.8 Å². The lowest BCUT2D eigenvalue weighted by molar-refractivity contribution is -0.147. The van der Waals surface area contributed by atoms with E-state index in [9.17, 15) is 126 Å². The molecule has 3 aromatic rings. The first-order valence-corrected chi connectivity index (χ1v) is 43.5. The van der Waals surface area contributed by atoms with Crippen molar-refractivity contribution in [1.29, 1.82) is 0 Å². The highest BCUT2D eigenvalue weighted by atomic mass is 31.2. The maximum Gasteiger partial charge on any atom is 0.469 e. The molecule has 45 nitrogen and oxygen atoms in total. The number of aliphatic hydroxyl groups excluding tert-OH is 2. The zero-order valence-electron chi connectivity index (χ0n) is 72.2. The second kappa shape index (κ2) is 51.3. The number of primary amides is 1. The molecule has 1 aromatic heterocycles. The van der Waals surface area contributed by atoms with Crippen LogP contribution in [0.4, 0.5) is 0 Å². The van der Waals surface area contributed by atoms with Gasteiger partial charge in [0.15, 0.2) is 0 Å². The number of aliphatic hydroxyl groups is 2. The molecule has 704 valence electrons. The summed E-state index contributed by atoms with van der Waals surface area (Å²) in [6.07, 6.45) is -3.91. The number of benzene rings is 2. The summed E-state index contributed by atoms with van der Waals surface area (Å²) in [6, 6.07) is -10.4. The number of nitrogens with zero attached hydrogens (tertiary/aromatic N) is 2. The minimum absolute atomic E-state index is 0.0117. The number of likely N-dealkylation sites (tertiary alicyclic amines) is 2. The number of aromatic amines is 1. The third kappa shape index (κ3) is 34.9. The number of para-hydroxylation sites is 1. The monoisotopic (exact) mass is 1810 g/mol. The molecule has 2 saturated heterocycles. The lowest BCUT2D eigenvalue weighted by Crippen LogP contribution is -2.63. The number of carboxylic acids is 3. The molecule has 0 bridgehead atoms. The van der Waals surface area contributed by atoms with E-state index in [1.807, 2.05) is 0 Å². The van der Waals surface area contributed by atoms with Gasteiger partial charge in [-0.1, -0.05) is 90.1 Å². The van der Waals surface area contributed by atoms with E-state index in [4.69, 9.17) is 17.2 Å². The normalized spacial score (nSPS) is 17.2. The minimum atomic E-state index is -5.51. The van der Waals surface area contributed by atoms with E-state index in [2.05, 4.69) is 73.3 Å². The van der Waals surface area contributed by atoms with Crippen LogP contribution in [0.5, 0.6) is 0 Å². The summed E-state index contributed by atoms with van der Waals surface area (Å²) in [6.45, 7) is 10.5. The fourth-order valence-electron chi connectivity index (χ4n) is 14.4. The summed E-state index contributed by atoms with van der Waals surface area (Å²) in [5, 5.41) is 80.8. The molecule has 0 saturated carbocycles. The smallest absolute Gasteiger partial charge is 0.469 e. The number of nitrogens with one attached hydrogen (secondary N) is 13. The van der Waals surface area contributed by atoms with Gasteiger partial charge in [0.05, 0.1) is 31.8 Å². The highest BCUT2D eigenvalue weighted by Gasteiger charge is 2.45. The van der Waals surface area contributed by atoms with E-state index < -0.39 is 275 Å². The largest absolute Gasteiger partial charge is 0.481 e. The number of phosphoric ester groups is 1. The molecule has 16 atom stereocenters. The van der Waals surface area contributed by atoms with Gasteiger partial charge >= 0.3 is 25.7 Å². The van der Waals surface area contributed by atoms with Crippen molar-refractivity contribution in [3.63, 3.8) is 0 Å². The van der Waals surface area contributed by atoms with Crippen molar-refractivity contribution < 1.29 is 131 Å². The molecule has 0 aliphatic carbocycles. The third-order valence-electron chi connectivity index (χ3n) is 20.8. The van der Waals surface area contributed by atoms with Crippen molar-refractivity contribution in [2.24, 2.45) is 35.0 Å². The number of carbonyl (C=O) groups is 18. The van der Waals surface area contributed by atoms with Crippen molar-refractivity contribution in [3.05, 3.63) is 71.9 Å². The van der Waals surface area contributed by atoms with Crippen molar-refractivity contribution in [1.82, 2.24) is 78.6 Å². The summed E-state index contributed by atoms with van der Waals surface area (Å²) < 4.78 is 16.8. The zero-order chi connectivity index (χ0) is 94.9. The number of amides is 15. The summed E-state index contributed by atoms with van der Waals surface area (Å²) in [5.74, 6) is -22.1. The Morgan fingerprint density at radius 1 is 0.496 bits per heavy atom. The molecule has 2 aliphatic rings. The molecule has 2 aliphatic heterocycles. The zero-order valence-corrected chi connectivity index (χ0v) is 73.1. The number of unbranched alkanes of at least 4 members (excludes halogenated alkanes) is 1. The van der Waals surface area contributed by atoms with Crippen LogP contribution < -0.4 is 81.0 Å². The van der Waals surface area contributed by atoms with Crippen molar-refractivity contribution in [3.8, 4) is 0 Å². The fraction of sp³-hybridized carbons (Fsp3) is 0.605. The SMILES string of the molecule is CC(C)C[C@H](NC(=O)[C@H](CCCCN)NC(=O)[C@H](Cc1c[nH]c2ccccc12)NC(=O)[C@H](CC(C)C)NC(=O)[C@H](CC(=O)O)NC(=O)[C@H](CO)NC(=O)[C@H](Cc1ccccc1)NC(=O)[C@@H](NC(=O)[C@H](CCC(=O)O)NC(=O)[C@H](CCC(N)=O)NC(=O)[C@H](COP(=O)(O)O)NC(=O)[C@H](CC(C)C)NC(=O)[C@@H]1CCCN1C(=O)[C@@H]1CCCN1C(=O)[C@H](C)N)[C@@H](C)O)C(=O)O. The second-order valence-corrected chi connectivity index (χ2v) is 34.1. The Balaban J connectivity index is 1.37. The van der Waals surface area contributed by atoms with Crippen LogP contribution in [0, 0.1) is 17.8 Å². The number of fused-ring (bicyclic) bond motifs is 1. The molecule has 0 spiro atoms.